The van der Waals surface area contributed by atoms with Crippen molar-refractivity contribution in [2.45, 2.75) is 38.5 Å². The van der Waals surface area contributed by atoms with Crippen LogP contribution in [0.1, 0.15) is 41.5 Å². The van der Waals surface area contributed by atoms with Gasteiger partial charge in [-0.2, -0.15) is 0 Å². The van der Waals surface area contributed by atoms with Crippen molar-refractivity contribution in [2.75, 3.05) is 0 Å². The van der Waals surface area contributed by atoms with Crippen LogP contribution in [0.15, 0.2) is 36.4 Å². The topological polar surface area (TPSA) is 0 Å². The van der Waals surface area contributed by atoms with E-state index in [4.69, 9.17) is 11.6 Å². The van der Waals surface area contributed by atoms with Crippen LogP contribution in [0.5, 0.6) is 0 Å². The second-order valence-electron chi connectivity index (χ2n) is 5.16. The number of halogens is 3. The van der Waals surface area contributed by atoms with Crippen LogP contribution in [-0.4, -0.2) is 0 Å². The highest BCUT2D eigenvalue weighted by Crippen LogP contribution is 2.30. The summed E-state index contributed by atoms with van der Waals surface area (Å²) in [6, 6.07) is 10.3. The van der Waals surface area contributed by atoms with Crippen LogP contribution in [0.3, 0.4) is 0 Å². The molecule has 2 aromatic rings. The van der Waals surface area contributed by atoms with E-state index in [2.05, 4.69) is 32.0 Å². The summed E-state index contributed by atoms with van der Waals surface area (Å²) in [4.78, 5) is 0. The summed E-state index contributed by atoms with van der Waals surface area (Å²) >= 11 is 6.53. The van der Waals surface area contributed by atoms with E-state index >= 15 is 0 Å². The summed E-state index contributed by atoms with van der Waals surface area (Å²) < 4.78 is 26.2. The molecule has 0 heterocycles. The van der Waals surface area contributed by atoms with Crippen LogP contribution in [0.25, 0.3) is 0 Å². The third kappa shape index (κ3) is 3.82. The van der Waals surface area contributed by atoms with Crippen LogP contribution in [0.4, 0.5) is 8.78 Å². The molecule has 2 rings (SSSR count). The van der Waals surface area contributed by atoms with E-state index in [1.807, 2.05) is 0 Å². The molecule has 0 aliphatic heterocycles. The van der Waals surface area contributed by atoms with Crippen molar-refractivity contribution in [2.24, 2.45) is 0 Å². The smallest absolute Gasteiger partial charge is 0.159 e. The van der Waals surface area contributed by atoms with Gasteiger partial charge in [0.05, 0.1) is 5.38 Å². The zero-order valence-electron chi connectivity index (χ0n) is 12.3. The Morgan fingerprint density at radius 1 is 0.905 bits per heavy atom. The predicted molar refractivity (Wildman–Crippen MR) is 83.9 cm³/mol. The molecule has 0 aliphatic carbocycles. The average Bonchev–Trinajstić information content (AvgIpc) is 2.50. The van der Waals surface area contributed by atoms with Crippen molar-refractivity contribution >= 4 is 11.6 Å². The van der Waals surface area contributed by atoms with Crippen molar-refractivity contribution in [3.8, 4) is 0 Å². The lowest BCUT2D eigenvalue weighted by Gasteiger charge is -2.16. The van der Waals surface area contributed by atoms with E-state index in [1.54, 1.807) is 6.07 Å². The first kappa shape index (κ1) is 16.0. The van der Waals surface area contributed by atoms with E-state index in [0.717, 1.165) is 24.5 Å². The Morgan fingerprint density at radius 3 is 2.24 bits per heavy atom. The molecule has 0 aliphatic rings. The molecular formula is C18H19ClF2. The van der Waals surface area contributed by atoms with E-state index in [0.29, 0.717) is 12.0 Å². The predicted octanol–water partition coefficient (Wildman–Crippen LogP) is 5.61. The van der Waals surface area contributed by atoms with E-state index in [9.17, 15) is 8.78 Å². The van der Waals surface area contributed by atoms with E-state index in [1.165, 1.54) is 17.2 Å². The van der Waals surface area contributed by atoms with Crippen molar-refractivity contribution in [1.29, 1.82) is 0 Å². The SMILES string of the molecule is CCc1ccc(CC)c(C(Cl)Cc2ccc(F)c(F)c2)c1. The van der Waals surface area contributed by atoms with Gasteiger partial charge in [-0.05, 0) is 53.6 Å². The summed E-state index contributed by atoms with van der Waals surface area (Å²) in [7, 11) is 0. The molecule has 21 heavy (non-hydrogen) atoms. The quantitative estimate of drug-likeness (QED) is 0.630. The highest BCUT2D eigenvalue weighted by Gasteiger charge is 2.14. The minimum atomic E-state index is -0.827. The monoisotopic (exact) mass is 308 g/mol. The molecule has 0 N–H and O–H groups in total. The average molecular weight is 309 g/mol. The number of hydrogen-bond donors (Lipinski definition) is 0. The van der Waals surface area contributed by atoms with Crippen LogP contribution in [0.2, 0.25) is 0 Å². The Hall–Kier alpha value is -1.41. The second kappa shape index (κ2) is 7.04. The number of hydrogen-bond acceptors (Lipinski definition) is 0. The lowest BCUT2D eigenvalue weighted by Crippen LogP contribution is -2.02. The van der Waals surface area contributed by atoms with Crippen LogP contribution >= 0.6 is 11.6 Å². The van der Waals surface area contributed by atoms with Gasteiger partial charge >= 0.3 is 0 Å². The van der Waals surface area contributed by atoms with Crippen molar-refractivity contribution < 1.29 is 8.78 Å². The maximum atomic E-state index is 13.3. The van der Waals surface area contributed by atoms with Crippen LogP contribution in [0, 0.1) is 11.6 Å². The number of aryl methyl sites for hydroxylation is 2. The molecule has 2 aromatic carbocycles. The van der Waals surface area contributed by atoms with Crippen LogP contribution < -0.4 is 0 Å². The van der Waals surface area contributed by atoms with Crippen molar-refractivity contribution in [3.05, 3.63) is 70.3 Å². The maximum absolute atomic E-state index is 13.3. The molecule has 0 fully saturated rings. The maximum Gasteiger partial charge on any atom is 0.159 e. The van der Waals surface area contributed by atoms with Gasteiger partial charge in [0.15, 0.2) is 11.6 Å². The molecule has 1 atom stereocenters. The summed E-state index contributed by atoms with van der Waals surface area (Å²) in [6.07, 6.45) is 2.34. The molecule has 0 amide bonds. The van der Waals surface area contributed by atoms with Gasteiger partial charge in [0.2, 0.25) is 0 Å². The normalized spacial score (nSPS) is 12.4. The minimum Gasteiger partial charge on any atom is -0.204 e. The van der Waals surface area contributed by atoms with Crippen LogP contribution in [-0.2, 0) is 19.3 Å². The Bertz CT molecular complexity index is 623. The van der Waals surface area contributed by atoms with Crippen molar-refractivity contribution in [3.63, 3.8) is 0 Å². The van der Waals surface area contributed by atoms with Gasteiger partial charge in [-0.3, -0.25) is 0 Å². The lowest BCUT2D eigenvalue weighted by molar-refractivity contribution is 0.507. The first-order valence-electron chi connectivity index (χ1n) is 7.24. The lowest BCUT2D eigenvalue weighted by atomic mass is 9.95. The fourth-order valence-electron chi connectivity index (χ4n) is 2.46. The molecule has 0 radical (unpaired) electrons. The summed E-state index contributed by atoms with van der Waals surface area (Å²) in [5, 5.41) is -0.240. The molecule has 1 unspecified atom stereocenters. The van der Waals surface area contributed by atoms with Gasteiger partial charge in [-0.25, -0.2) is 8.78 Å². The van der Waals surface area contributed by atoms with Gasteiger partial charge in [-0.15, -0.1) is 11.6 Å². The number of rotatable bonds is 5. The molecule has 3 heteroatoms. The Labute approximate surface area is 129 Å². The Morgan fingerprint density at radius 2 is 1.62 bits per heavy atom. The van der Waals surface area contributed by atoms with E-state index < -0.39 is 11.6 Å². The van der Waals surface area contributed by atoms with Gasteiger partial charge in [0.25, 0.3) is 0 Å². The molecule has 0 nitrogen and oxygen atoms in total. The second-order valence-corrected chi connectivity index (χ2v) is 5.69. The van der Waals surface area contributed by atoms with Gasteiger partial charge in [0, 0.05) is 0 Å². The fraction of sp³-hybridized carbons (Fsp3) is 0.333. The molecule has 0 saturated carbocycles. The molecule has 112 valence electrons. The first-order chi connectivity index (χ1) is 10.0. The standard InChI is InChI=1S/C18H19ClF2/c1-3-12-5-7-14(4-2)15(9-12)16(19)10-13-6-8-17(20)18(21)11-13/h5-9,11,16H,3-4,10H2,1-2H3. The Kier molecular flexibility index (Phi) is 5.35. The molecule has 0 spiro atoms. The van der Waals surface area contributed by atoms with Gasteiger partial charge in [-0.1, -0.05) is 38.1 Å². The highest BCUT2D eigenvalue weighted by atomic mass is 35.5. The summed E-state index contributed by atoms with van der Waals surface area (Å²) in [5.41, 5.74) is 4.23. The zero-order chi connectivity index (χ0) is 15.4. The molecule has 0 aromatic heterocycles. The number of benzene rings is 2. The third-order valence-electron chi connectivity index (χ3n) is 3.74. The van der Waals surface area contributed by atoms with Gasteiger partial charge in [0.1, 0.15) is 0 Å². The molecular weight excluding hydrogens is 290 g/mol. The highest BCUT2D eigenvalue weighted by molar-refractivity contribution is 6.21. The van der Waals surface area contributed by atoms with Crippen molar-refractivity contribution in [1.82, 2.24) is 0 Å². The number of alkyl halides is 1. The third-order valence-corrected chi connectivity index (χ3v) is 4.13. The van der Waals surface area contributed by atoms with E-state index in [-0.39, 0.29) is 5.38 Å². The van der Waals surface area contributed by atoms with Gasteiger partial charge < -0.3 is 0 Å². The largest absolute Gasteiger partial charge is 0.204 e. The zero-order valence-corrected chi connectivity index (χ0v) is 13.1. The molecule has 0 saturated heterocycles. The summed E-state index contributed by atoms with van der Waals surface area (Å²) in [6.45, 7) is 4.19. The molecule has 0 bridgehead atoms. The summed E-state index contributed by atoms with van der Waals surface area (Å²) in [5.74, 6) is -1.65. The first-order valence-corrected chi connectivity index (χ1v) is 7.68. The fourth-order valence-corrected chi connectivity index (χ4v) is 2.84. The minimum absolute atomic E-state index is 0.240. The Balaban J connectivity index is 2.26.